The van der Waals surface area contributed by atoms with Crippen molar-refractivity contribution in [3.63, 3.8) is 0 Å². The van der Waals surface area contributed by atoms with Crippen LogP contribution in [0.5, 0.6) is 5.75 Å². The van der Waals surface area contributed by atoms with E-state index in [-0.39, 0.29) is 18.6 Å². The van der Waals surface area contributed by atoms with E-state index < -0.39 is 11.9 Å². The number of Topliss-reactive ketones (excluding diaryl/α,β-unsaturated/α-hetero) is 1. The summed E-state index contributed by atoms with van der Waals surface area (Å²) in [5.74, 6) is -0.849. The van der Waals surface area contributed by atoms with Crippen LogP contribution in [-0.2, 0) is 4.79 Å². The summed E-state index contributed by atoms with van der Waals surface area (Å²) in [4.78, 5) is 23.9. The van der Waals surface area contributed by atoms with E-state index in [9.17, 15) is 9.59 Å². The van der Waals surface area contributed by atoms with Gasteiger partial charge in [-0.1, -0.05) is 36.4 Å². The Kier molecular flexibility index (Phi) is 5.52. The van der Waals surface area contributed by atoms with Crippen LogP contribution in [-0.4, -0.2) is 24.0 Å². The molecule has 4 heteroatoms. The number of hydrogen-bond donors (Lipinski definition) is 1. The monoisotopic (exact) mass is 312 g/mol. The SMILES string of the molecule is COc1cccc(C(=O)[C@@H](CCC(=O)O)c2ccccc2C)c1. The number of hydrogen-bond acceptors (Lipinski definition) is 3. The average Bonchev–Trinajstić information content (AvgIpc) is 2.56. The van der Waals surface area contributed by atoms with Crippen LogP contribution >= 0.6 is 0 Å². The number of aryl methyl sites for hydroxylation is 1. The summed E-state index contributed by atoms with van der Waals surface area (Å²) < 4.78 is 5.17. The molecule has 0 aromatic heterocycles. The number of carboxylic acids is 1. The second-order valence-electron chi connectivity index (χ2n) is 5.44. The number of carbonyl (C=O) groups is 2. The first-order valence-corrected chi connectivity index (χ1v) is 7.48. The highest BCUT2D eigenvalue weighted by molar-refractivity contribution is 6.01. The topological polar surface area (TPSA) is 63.6 Å². The zero-order valence-corrected chi connectivity index (χ0v) is 13.3. The minimum atomic E-state index is -0.901. The highest BCUT2D eigenvalue weighted by atomic mass is 16.5. The fourth-order valence-electron chi connectivity index (χ4n) is 2.65. The molecule has 4 nitrogen and oxygen atoms in total. The summed E-state index contributed by atoms with van der Waals surface area (Å²) in [6.07, 6.45) is 0.227. The summed E-state index contributed by atoms with van der Waals surface area (Å²) >= 11 is 0. The molecule has 0 aliphatic rings. The van der Waals surface area contributed by atoms with Crippen molar-refractivity contribution < 1.29 is 19.4 Å². The van der Waals surface area contributed by atoms with E-state index in [0.29, 0.717) is 11.3 Å². The van der Waals surface area contributed by atoms with Gasteiger partial charge in [0.2, 0.25) is 0 Å². The molecule has 1 atom stereocenters. The maximum atomic E-state index is 12.9. The van der Waals surface area contributed by atoms with Crippen LogP contribution in [0.2, 0.25) is 0 Å². The van der Waals surface area contributed by atoms with E-state index >= 15 is 0 Å². The van der Waals surface area contributed by atoms with E-state index in [1.807, 2.05) is 31.2 Å². The summed E-state index contributed by atoms with van der Waals surface area (Å²) in [6, 6.07) is 14.6. The molecular weight excluding hydrogens is 292 g/mol. The lowest BCUT2D eigenvalue weighted by Crippen LogP contribution is -2.16. The maximum absolute atomic E-state index is 12.9. The first-order valence-electron chi connectivity index (χ1n) is 7.48. The van der Waals surface area contributed by atoms with Crippen LogP contribution in [0.15, 0.2) is 48.5 Å². The molecule has 2 aromatic rings. The van der Waals surface area contributed by atoms with Gasteiger partial charge in [0.05, 0.1) is 7.11 Å². The molecule has 120 valence electrons. The molecule has 0 fully saturated rings. The van der Waals surface area contributed by atoms with Crippen molar-refractivity contribution in [2.24, 2.45) is 0 Å². The Bertz CT molecular complexity index is 706. The first-order chi connectivity index (χ1) is 11.0. The molecule has 0 amide bonds. The lowest BCUT2D eigenvalue weighted by molar-refractivity contribution is -0.137. The standard InChI is InChI=1S/C19H20O4/c1-13-6-3-4-9-16(13)17(10-11-18(20)21)19(22)14-7-5-8-15(12-14)23-2/h3-9,12,17H,10-11H2,1-2H3,(H,20,21)/t17-/m0/s1. The Hall–Kier alpha value is -2.62. The third kappa shape index (κ3) is 4.19. The van der Waals surface area contributed by atoms with E-state index in [1.165, 1.54) is 0 Å². The maximum Gasteiger partial charge on any atom is 0.303 e. The highest BCUT2D eigenvalue weighted by Crippen LogP contribution is 2.29. The Morgan fingerprint density at radius 3 is 2.52 bits per heavy atom. The number of ether oxygens (including phenoxy) is 1. The molecule has 0 heterocycles. The van der Waals surface area contributed by atoms with Crippen LogP contribution in [0.25, 0.3) is 0 Å². The molecule has 0 saturated carbocycles. The normalized spacial score (nSPS) is 11.7. The second-order valence-corrected chi connectivity index (χ2v) is 5.44. The van der Waals surface area contributed by atoms with Crippen LogP contribution in [0.1, 0.15) is 40.2 Å². The third-order valence-corrected chi connectivity index (χ3v) is 3.88. The number of rotatable bonds is 7. The Balaban J connectivity index is 2.38. The molecule has 0 aliphatic carbocycles. The Morgan fingerprint density at radius 2 is 1.87 bits per heavy atom. The van der Waals surface area contributed by atoms with Crippen molar-refractivity contribution in [2.75, 3.05) is 7.11 Å². The zero-order chi connectivity index (χ0) is 16.8. The second kappa shape index (κ2) is 7.58. The number of methoxy groups -OCH3 is 1. The molecule has 0 saturated heterocycles. The highest BCUT2D eigenvalue weighted by Gasteiger charge is 2.24. The van der Waals surface area contributed by atoms with Crippen molar-refractivity contribution in [3.05, 3.63) is 65.2 Å². The van der Waals surface area contributed by atoms with Crippen LogP contribution in [0.4, 0.5) is 0 Å². The van der Waals surface area contributed by atoms with Crippen molar-refractivity contribution >= 4 is 11.8 Å². The number of ketones is 1. The largest absolute Gasteiger partial charge is 0.497 e. The molecule has 23 heavy (non-hydrogen) atoms. The van der Waals surface area contributed by atoms with Gasteiger partial charge in [-0.15, -0.1) is 0 Å². The molecule has 0 unspecified atom stereocenters. The van der Waals surface area contributed by atoms with Crippen LogP contribution < -0.4 is 4.74 Å². The number of carbonyl (C=O) groups excluding carboxylic acids is 1. The number of carboxylic acid groups (broad SMARTS) is 1. The number of aliphatic carboxylic acids is 1. The molecule has 1 N–H and O–H groups in total. The molecule has 0 spiro atoms. The predicted molar refractivity (Wildman–Crippen MR) is 88.1 cm³/mol. The fraction of sp³-hybridized carbons (Fsp3) is 0.263. The molecule has 0 bridgehead atoms. The molecule has 2 aromatic carbocycles. The van der Waals surface area contributed by atoms with Crippen molar-refractivity contribution in [3.8, 4) is 5.75 Å². The Morgan fingerprint density at radius 1 is 1.13 bits per heavy atom. The molecule has 0 aliphatic heterocycles. The van der Waals surface area contributed by atoms with Gasteiger partial charge in [-0.05, 0) is 36.6 Å². The minimum Gasteiger partial charge on any atom is -0.497 e. The quantitative estimate of drug-likeness (QED) is 0.789. The molecule has 0 radical (unpaired) electrons. The van der Waals surface area contributed by atoms with Crippen LogP contribution in [0, 0.1) is 6.92 Å². The summed E-state index contributed by atoms with van der Waals surface area (Å²) in [6.45, 7) is 1.93. The van der Waals surface area contributed by atoms with Gasteiger partial charge in [0.1, 0.15) is 5.75 Å². The first kappa shape index (κ1) is 16.7. The fourth-order valence-corrected chi connectivity index (χ4v) is 2.65. The van der Waals surface area contributed by atoms with E-state index in [2.05, 4.69) is 0 Å². The molecule has 2 rings (SSSR count). The lowest BCUT2D eigenvalue weighted by atomic mass is 9.85. The van der Waals surface area contributed by atoms with Crippen molar-refractivity contribution in [1.29, 1.82) is 0 Å². The summed E-state index contributed by atoms with van der Waals surface area (Å²) in [5.41, 5.74) is 2.39. The van der Waals surface area contributed by atoms with E-state index in [0.717, 1.165) is 11.1 Å². The summed E-state index contributed by atoms with van der Waals surface area (Å²) in [5, 5.41) is 8.98. The smallest absolute Gasteiger partial charge is 0.303 e. The predicted octanol–water partition coefficient (Wildman–Crippen LogP) is 3.83. The van der Waals surface area contributed by atoms with Gasteiger partial charge in [-0.25, -0.2) is 0 Å². The van der Waals surface area contributed by atoms with Crippen LogP contribution in [0.3, 0.4) is 0 Å². The van der Waals surface area contributed by atoms with Crippen molar-refractivity contribution in [2.45, 2.75) is 25.7 Å². The lowest BCUT2D eigenvalue weighted by Gasteiger charge is -2.18. The minimum absolute atomic E-state index is 0.0469. The van der Waals surface area contributed by atoms with Gasteiger partial charge >= 0.3 is 5.97 Å². The average molecular weight is 312 g/mol. The van der Waals surface area contributed by atoms with E-state index in [1.54, 1.807) is 31.4 Å². The third-order valence-electron chi connectivity index (χ3n) is 3.88. The van der Waals surface area contributed by atoms with Gasteiger partial charge in [0, 0.05) is 17.9 Å². The van der Waals surface area contributed by atoms with Gasteiger partial charge in [0.25, 0.3) is 0 Å². The van der Waals surface area contributed by atoms with Crippen molar-refractivity contribution in [1.82, 2.24) is 0 Å². The number of benzene rings is 2. The van der Waals surface area contributed by atoms with Gasteiger partial charge in [-0.3, -0.25) is 9.59 Å². The molecular formula is C19H20O4. The van der Waals surface area contributed by atoms with Gasteiger partial charge in [-0.2, -0.15) is 0 Å². The summed E-state index contributed by atoms with van der Waals surface area (Å²) in [7, 11) is 1.55. The van der Waals surface area contributed by atoms with Gasteiger partial charge < -0.3 is 9.84 Å². The Labute approximate surface area is 135 Å². The van der Waals surface area contributed by atoms with E-state index in [4.69, 9.17) is 9.84 Å². The zero-order valence-electron chi connectivity index (χ0n) is 13.3. The van der Waals surface area contributed by atoms with Gasteiger partial charge in [0.15, 0.2) is 5.78 Å².